The van der Waals surface area contributed by atoms with Crippen molar-refractivity contribution in [2.24, 2.45) is 10.9 Å². The molecule has 0 fully saturated rings. The molecule has 1 N–H and O–H groups in total. The molecule has 1 unspecified atom stereocenters. The lowest BCUT2D eigenvalue weighted by molar-refractivity contribution is 0.0923. The van der Waals surface area contributed by atoms with E-state index in [1.807, 2.05) is 6.92 Å². The van der Waals surface area contributed by atoms with Gasteiger partial charge in [-0.05, 0) is 51.3 Å². The van der Waals surface area contributed by atoms with Crippen LogP contribution in [-0.4, -0.2) is 34.9 Å². The Balaban J connectivity index is 1.90. The van der Waals surface area contributed by atoms with Gasteiger partial charge >= 0.3 is 6.09 Å². The van der Waals surface area contributed by atoms with Crippen molar-refractivity contribution < 1.29 is 14.3 Å². The second-order valence-corrected chi connectivity index (χ2v) is 6.39. The van der Waals surface area contributed by atoms with E-state index in [0.29, 0.717) is 11.6 Å². The number of hydrogen-bond acceptors (Lipinski definition) is 5. The second-order valence-electron chi connectivity index (χ2n) is 6.39. The number of rotatable bonds is 6. The summed E-state index contributed by atoms with van der Waals surface area (Å²) in [4.78, 5) is 31.8. The molecule has 7 nitrogen and oxygen atoms in total. The molecular weight excluding hydrogens is 332 g/mol. The highest BCUT2D eigenvalue weighted by Crippen LogP contribution is 2.28. The fourth-order valence-electron chi connectivity index (χ4n) is 2.75. The Kier molecular flexibility index (Phi) is 6.27. The van der Waals surface area contributed by atoms with Crippen LogP contribution in [0.2, 0.25) is 0 Å². The molecule has 1 aromatic heterocycles. The number of imidazole rings is 1. The van der Waals surface area contributed by atoms with Gasteiger partial charge in [0.15, 0.2) is 11.5 Å². The van der Waals surface area contributed by atoms with Crippen molar-refractivity contribution in [2.75, 3.05) is 6.61 Å². The Labute approximate surface area is 153 Å². The van der Waals surface area contributed by atoms with E-state index in [4.69, 9.17) is 4.74 Å². The zero-order valence-electron chi connectivity index (χ0n) is 15.2. The third kappa shape index (κ3) is 4.56. The maximum atomic E-state index is 12.2. The minimum absolute atomic E-state index is 0.0128. The molecule has 0 aromatic carbocycles. The minimum atomic E-state index is -0.821. The summed E-state index contributed by atoms with van der Waals surface area (Å²) in [6, 6.07) is 0. The number of imide groups is 1. The number of aromatic nitrogens is 2. The number of nitrogens with zero attached hydrogens (tertiary/aromatic N) is 3. The Morgan fingerprint density at radius 1 is 1.42 bits per heavy atom. The molecule has 1 aliphatic carbocycles. The van der Waals surface area contributed by atoms with Crippen LogP contribution in [0, 0.1) is 5.92 Å². The second kappa shape index (κ2) is 8.42. The van der Waals surface area contributed by atoms with Crippen LogP contribution < -0.4 is 5.32 Å². The Hall–Kier alpha value is -2.96. The lowest BCUT2D eigenvalue weighted by Gasteiger charge is -2.21. The number of nitrogens with one attached hydrogen (secondary N) is 1. The van der Waals surface area contributed by atoms with E-state index in [-0.39, 0.29) is 18.1 Å². The molecular formula is C19H24N4O3. The van der Waals surface area contributed by atoms with Crippen molar-refractivity contribution in [3.05, 3.63) is 42.4 Å². The molecule has 1 aromatic rings. The fourth-order valence-corrected chi connectivity index (χ4v) is 2.75. The predicted octanol–water partition coefficient (Wildman–Crippen LogP) is 3.87. The van der Waals surface area contributed by atoms with Gasteiger partial charge in [-0.25, -0.2) is 14.8 Å². The minimum Gasteiger partial charge on any atom is -0.445 e. The largest absolute Gasteiger partial charge is 0.445 e. The number of allylic oxidation sites excluding steroid dienone is 3. The monoisotopic (exact) mass is 356 g/mol. The van der Waals surface area contributed by atoms with Crippen molar-refractivity contribution in [1.29, 1.82) is 0 Å². The van der Waals surface area contributed by atoms with E-state index in [1.54, 1.807) is 6.92 Å². The van der Waals surface area contributed by atoms with Crippen LogP contribution in [0.5, 0.6) is 0 Å². The molecule has 1 atom stereocenters. The van der Waals surface area contributed by atoms with E-state index >= 15 is 0 Å². The smallest absolute Gasteiger partial charge is 0.414 e. The average molecular weight is 356 g/mol. The number of amides is 2. The summed E-state index contributed by atoms with van der Waals surface area (Å²) < 4.78 is 6.65. The number of ether oxygens (including phenoxy) is 1. The van der Waals surface area contributed by atoms with Crippen LogP contribution in [0.4, 0.5) is 10.6 Å². The molecule has 1 heterocycles. The summed E-state index contributed by atoms with van der Waals surface area (Å²) in [5.41, 5.74) is 2.83. The summed E-state index contributed by atoms with van der Waals surface area (Å²) in [5, 5.41) is 2.16. The molecule has 0 spiro atoms. The quantitative estimate of drug-likeness (QED) is 0.619. The van der Waals surface area contributed by atoms with Gasteiger partial charge in [-0.15, -0.1) is 0 Å². The van der Waals surface area contributed by atoms with Gasteiger partial charge in [-0.2, -0.15) is 0 Å². The van der Waals surface area contributed by atoms with Gasteiger partial charge < -0.3 is 4.74 Å². The number of carbonyl (C=O) groups is 2. The maximum absolute atomic E-state index is 12.2. The summed E-state index contributed by atoms with van der Waals surface area (Å²) in [5.74, 6) is 0.0170. The molecule has 0 aliphatic heterocycles. The molecule has 0 saturated heterocycles. The molecule has 2 rings (SSSR count). The third-order valence-corrected chi connectivity index (χ3v) is 4.32. The number of carbonyl (C=O) groups excluding carboxylic acids is 2. The summed E-state index contributed by atoms with van der Waals surface area (Å²) >= 11 is 0. The van der Waals surface area contributed by atoms with E-state index in [0.717, 1.165) is 24.8 Å². The molecule has 0 bridgehead atoms. The lowest BCUT2D eigenvalue weighted by Crippen LogP contribution is -2.32. The molecule has 0 radical (unpaired) electrons. The van der Waals surface area contributed by atoms with Gasteiger partial charge in [0.1, 0.15) is 12.9 Å². The van der Waals surface area contributed by atoms with Gasteiger partial charge in [-0.1, -0.05) is 24.8 Å². The van der Waals surface area contributed by atoms with Crippen LogP contribution in [0.25, 0.3) is 5.70 Å². The van der Waals surface area contributed by atoms with E-state index in [9.17, 15) is 9.59 Å². The zero-order chi connectivity index (χ0) is 19.3. The van der Waals surface area contributed by atoms with E-state index < -0.39 is 12.0 Å². The molecule has 7 heteroatoms. The first-order valence-corrected chi connectivity index (χ1v) is 8.34. The van der Waals surface area contributed by atoms with Crippen LogP contribution in [-0.2, 0) is 4.74 Å². The lowest BCUT2D eigenvalue weighted by atomic mass is 9.86. The van der Waals surface area contributed by atoms with E-state index in [1.165, 1.54) is 16.5 Å². The molecule has 138 valence electrons. The summed E-state index contributed by atoms with van der Waals surface area (Å²) in [6.07, 6.45) is 5.41. The third-order valence-electron chi connectivity index (χ3n) is 4.32. The average Bonchev–Trinajstić information content (AvgIpc) is 3.04. The van der Waals surface area contributed by atoms with Crippen molar-refractivity contribution >= 4 is 30.2 Å². The zero-order valence-corrected chi connectivity index (χ0v) is 15.2. The van der Waals surface area contributed by atoms with Crippen LogP contribution in [0.1, 0.15) is 43.6 Å². The number of alkyl carbamates (subject to hydrolysis) is 1. The molecule has 0 saturated carbocycles. The molecule has 26 heavy (non-hydrogen) atoms. The normalized spacial score (nSPS) is 16.4. The highest BCUT2D eigenvalue weighted by atomic mass is 16.5. The maximum Gasteiger partial charge on any atom is 0.414 e. The van der Waals surface area contributed by atoms with Crippen molar-refractivity contribution in [1.82, 2.24) is 14.9 Å². The Bertz CT molecular complexity index is 789. The summed E-state index contributed by atoms with van der Waals surface area (Å²) in [6.45, 7) is 15.1. The number of aliphatic imine (C=N–C) groups is 1. The van der Waals surface area contributed by atoms with Gasteiger partial charge in [0.25, 0.3) is 5.91 Å². The Morgan fingerprint density at radius 3 is 2.69 bits per heavy atom. The van der Waals surface area contributed by atoms with Crippen molar-refractivity contribution in [3.8, 4) is 0 Å². The highest BCUT2D eigenvalue weighted by Gasteiger charge is 2.21. The van der Waals surface area contributed by atoms with Crippen LogP contribution in [0.3, 0.4) is 0 Å². The SMILES string of the molecule is C=Nc1c(C(=O)NC(=O)OCC2=CCC(C(=C)C)CC2)ncn1C(=C)C. The first kappa shape index (κ1) is 19.4. The van der Waals surface area contributed by atoms with Gasteiger partial charge in [0, 0.05) is 5.70 Å². The van der Waals surface area contributed by atoms with Gasteiger partial charge in [0.05, 0.1) is 0 Å². The highest BCUT2D eigenvalue weighted by molar-refractivity contribution is 6.04. The van der Waals surface area contributed by atoms with Crippen LogP contribution in [0.15, 0.2) is 41.7 Å². The topological polar surface area (TPSA) is 85.6 Å². The van der Waals surface area contributed by atoms with Crippen molar-refractivity contribution in [3.63, 3.8) is 0 Å². The molecule has 1 aliphatic rings. The molecule has 2 amide bonds. The van der Waals surface area contributed by atoms with E-state index in [2.05, 4.69) is 41.2 Å². The van der Waals surface area contributed by atoms with Crippen molar-refractivity contribution in [2.45, 2.75) is 33.1 Å². The van der Waals surface area contributed by atoms with Gasteiger partial charge in [0.2, 0.25) is 0 Å². The first-order valence-electron chi connectivity index (χ1n) is 8.34. The first-order chi connectivity index (χ1) is 12.3. The van der Waals surface area contributed by atoms with Crippen LogP contribution >= 0.6 is 0 Å². The standard InChI is InChI=1S/C19H24N4O3/c1-12(2)15-8-6-14(7-9-15)10-26-19(25)22-18(24)16-17(20-5)23(11-21-16)13(3)4/h6,11,15H,1,3,5,7-10H2,2,4H3,(H,22,24,25). The fraction of sp³-hybridized carbons (Fsp3) is 0.368. The van der Waals surface area contributed by atoms with Gasteiger partial charge in [-0.3, -0.25) is 14.7 Å². The number of hydrogen-bond donors (Lipinski definition) is 1. The Morgan fingerprint density at radius 2 is 2.15 bits per heavy atom. The summed E-state index contributed by atoms with van der Waals surface area (Å²) in [7, 11) is 0. The predicted molar refractivity (Wildman–Crippen MR) is 101 cm³/mol.